The minimum Gasteiger partial charge on any atom is -0.455 e. The van der Waals surface area contributed by atoms with Crippen LogP contribution in [0.3, 0.4) is 0 Å². The lowest BCUT2D eigenvalue weighted by atomic mass is 10.1. The zero-order valence-electron chi connectivity index (χ0n) is 10.5. The second-order valence-corrected chi connectivity index (χ2v) is 6.00. The largest absolute Gasteiger partial charge is 0.455 e. The lowest BCUT2D eigenvalue weighted by Crippen LogP contribution is -1.97. The van der Waals surface area contributed by atoms with E-state index in [1.165, 1.54) is 6.92 Å². The van der Waals surface area contributed by atoms with Crippen molar-refractivity contribution >= 4 is 37.6 Å². The normalized spacial score (nSPS) is 10.3. The number of hydrogen-bond acceptors (Lipinski definition) is 2. The van der Waals surface area contributed by atoms with E-state index >= 15 is 0 Å². The lowest BCUT2D eigenvalue weighted by Gasteiger charge is -2.11. The molecule has 19 heavy (non-hydrogen) atoms. The Morgan fingerprint density at radius 3 is 2.42 bits per heavy atom. The third kappa shape index (κ3) is 3.45. The molecule has 0 aromatic heterocycles. The summed E-state index contributed by atoms with van der Waals surface area (Å²) in [6, 6.07) is 11.2. The highest BCUT2D eigenvalue weighted by molar-refractivity contribution is 9.10. The standard InChI is InChI=1S/C15H12Br2O2/c1-9-3-6-14(13(17)7-9)19-15-8-11(16)4-5-12(15)10(2)18/h3-8H,1-2H3. The van der Waals surface area contributed by atoms with Crippen molar-refractivity contribution < 1.29 is 9.53 Å². The van der Waals surface area contributed by atoms with E-state index in [9.17, 15) is 4.79 Å². The van der Waals surface area contributed by atoms with Crippen molar-refractivity contribution in [3.8, 4) is 11.5 Å². The van der Waals surface area contributed by atoms with E-state index in [4.69, 9.17) is 4.74 Å². The molecule has 0 unspecified atom stereocenters. The molecule has 0 saturated heterocycles. The fourth-order valence-electron chi connectivity index (χ4n) is 1.68. The van der Waals surface area contributed by atoms with Crippen LogP contribution in [0.4, 0.5) is 0 Å². The molecule has 2 nitrogen and oxygen atoms in total. The maximum absolute atomic E-state index is 11.6. The molecule has 0 radical (unpaired) electrons. The number of rotatable bonds is 3. The first-order valence-corrected chi connectivity index (χ1v) is 7.30. The Bertz CT molecular complexity index is 636. The lowest BCUT2D eigenvalue weighted by molar-refractivity contribution is 0.101. The fourth-order valence-corrected chi connectivity index (χ4v) is 2.59. The summed E-state index contributed by atoms with van der Waals surface area (Å²) < 4.78 is 7.57. The first kappa shape index (κ1) is 14.3. The average Bonchev–Trinajstić information content (AvgIpc) is 2.32. The summed E-state index contributed by atoms with van der Waals surface area (Å²) in [6.07, 6.45) is 0. The SMILES string of the molecule is CC(=O)c1ccc(Br)cc1Oc1ccc(C)cc1Br. The number of aryl methyl sites for hydroxylation is 1. The topological polar surface area (TPSA) is 26.3 Å². The van der Waals surface area contributed by atoms with Crippen molar-refractivity contribution in [2.24, 2.45) is 0 Å². The number of benzene rings is 2. The smallest absolute Gasteiger partial charge is 0.163 e. The first-order chi connectivity index (χ1) is 8.97. The number of carbonyl (C=O) groups excluding carboxylic acids is 1. The maximum Gasteiger partial charge on any atom is 0.163 e. The quantitative estimate of drug-likeness (QED) is 0.652. The van der Waals surface area contributed by atoms with Gasteiger partial charge in [0.25, 0.3) is 0 Å². The molecule has 2 aromatic carbocycles. The summed E-state index contributed by atoms with van der Waals surface area (Å²) in [5.74, 6) is 1.21. The van der Waals surface area contributed by atoms with Gasteiger partial charge in [-0.05, 0) is 65.7 Å². The van der Waals surface area contributed by atoms with Crippen LogP contribution in [-0.2, 0) is 0 Å². The van der Waals surface area contributed by atoms with E-state index < -0.39 is 0 Å². The Kier molecular flexibility index (Phi) is 4.42. The number of carbonyl (C=O) groups is 1. The molecule has 0 atom stereocenters. The molecule has 0 heterocycles. The second-order valence-electron chi connectivity index (χ2n) is 4.23. The van der Waals surface area contributed by atoms with E-state index in [0.717, 1.165) is 14.5 Å². The molecule has 0 amide bonds. The number of ether oxygens (including phenoxy) is 1. The van der Waals surface area contributed by atoms with Crippen molar-refractivity contribution in [3.63, 3.8) is 0 Å². The van der Waals surface area contributed by atoms with Gasteiger partial charge in [0.05, 0.1) is 10.0 Å². The van der Waals surface area contributed by atoms with E-state index in [1.54, 1.807) is 12.1 Å². The molecule has 2 rings (SSSR count). The van der Waals surface area contributed by atoms with Crippen LogP contribution in [0.15, 0.2) is 45.3 Å². The van der Waals surface area contributed by atoms with Gasteiger partial charge < -0.3 is 4.74 Å². The van der Waals surface area contributed by atoms with Gasteiger partial charge in [-0.25, -0.2) is 0 Å². The van der Waals surface area contributed by atoms with Crippen molar-refractivity contribution in [1.29, 1.82) is 0 Å². The van der Waals surface area contributed by atoms with Crippen LogP contribution in [0.5, 0.6) is 11.5 Å². The molecule has 0 bridgehead atoms. The molecular weight excluding hydrogens is 372 g/mol. The van der Waals surface area contributed by atoms with Gasteiger partial charge in [0.2, 0.25) is 0 Å². The minimum absolute atomic E-state index is 0.0225. The van der Waals surface area contributed by atoms with Crippen LogP contribution in [0, 0.1) is 6.92 Å². The van der Waals surface area contributed by atoms with Gasteiger partial charge in [0.15, 0.2) is 5.78 Å². The molecule has 0 aliphatic heterocycles. The Morgan fingerprint density at radius 2 is 1.79 bits per heavy atom. The van der Waals surface area contributed by atoms with Crippen molar-refractivity contribution in [1.82, 2.24) is 0 Å². The van der Waals surface area contributed by atoms with Crippen LogP contribution in [0.2, 0.25) is 0 Å². The number of Topliss-reactive ketones (excluding diaryl/α,β-unsaturated/α-hetero) is 1. The van der Waals surface area contributed by atoms with Crippen LogP contribution < -0.4 is 4.74 Å². The van der Waals surface area contributed by atoms with Crippen LogP contribution in [-0.4, -0.2) is 5.78 Å². The molecule has 2 aromatic rings. The first-order valence-electron chi connectivity index (χ1n) is 5.72. The molecule has 0 N–H and O–H groups in total. The van der Waals surface area contributed by atoms with E-state index in [2.05, 4.69) is 31.9 Å². The molecule has 4 heteroatoms. The maximum atomic E-state index is 11.6. The van der Waals surface area contributed by atoms with E-state index in [1.807, 2.05) is 31.2 Å². The molecule has 0 fully saturated rings. The molecular formula is C15H12Br2O2. The summed E-state index contributed by atoms with van der Waals surface area (Å²) in [5.41, 5.74) is 1.70. The third-order valence-electron chi connectivity index (χ3n) is 2.63. The second kappa shape index (κ2) is 5.88. The zero-order chi connectivity index (χ0) is 14.0. The van der Waals surface area contributed by atoms with Crippen molar-refractivity contribution in [3.05, 3.63) is 56.5 Å². The molecule has 0 aliphatic rings. The van der Waals surface area contributed by atoms with Gasteiger partial charge in [-0.3, -0.25) is 4.79 Å². The molecule has 98 valence electrons. The van der Waals surface area contributed by atoms with Crippen LogP contribution in [0.25, 0.3) is 0 Å². The number of hydrogen-bond donors (Lipinski definition) is 0. The Morgan fingerprint density at radius 1 is 1.05 bits per heavy atom. The fraction of sp³-hybridized carbons (Fsp3) is 0.133. The highest BCUT2D eigenvalue weighted by Crippen LogP contribution is 2.33. The Hall–Kier alpha value is -1.13. The predicted octanol–water partition coefficient (Wildman–Crippen LogP) is 5.51. The third-order valence-corrected chi connectivity index (χ3v) is 3.74. The summed E-state index contributed by atoms with van der Waals surface area (Å²) in [4.78, 5) is 11.6. The van der Waals surface area contributed by atoms with Crippen molar-refractivity contribution in [2.45, 2.75) is 13.8 Å². The molecule has 0 saturated carbocycles. The molecule has 0 spiro atoms. The van der Waals surface area contributed by atoms with Gasteiger partial charge in [-0.2, -0.15) is 0 Å². The summed E-state index contributed by atoms with van der Waals surface area (Å²) in [7, 11) is 0. The molecule has 0 aliphatic carbocycles. The van der Waals surface area contributed by atoms with Gasteiger partial charge in [0, 0.05) is 4.47 Å². The summed E-state index contributed by atoms with van der Waals surface area (Å²) >= 11 is 6.85. The van der Waals surface area contributed by atoms with Gasteiger partial charge in [-0.15, -0.1) is 0 Å². The average molecular weight is 384 g/mol. The minimum atomic E-state index is -0.0225. The summed E-state index contributed by atoms with van der Waals surface area (Å²) in [6.45, 7) is 3.54. The van der Waals surface area contributed by atoms with Crippen LogP contribution in [0.1, 0.15) is 22.8 Å². The van der Waals surface area contributed by atoms with Gasteiger partial charge >= 0.3 is 0 Å². The van der Waals surface area contributed by atoms with Crippen LogP contribution >= 0.6 is 31.9 Å². The highest BCUT2D eigenvalue weighted by Gasteiger charge is 2.11. The zero-order valence-corrected chi connectivity index (χ0v) is 13.7. The van der Waals surface area contributed by atoms with E-state index in [-0.39, 0.29) is 5.78 Å². The Balaban J connectivity index is 2.42. The summed E-state index contributed by atoms with van der Waals surface area (Å²) in [5, 5.41) is 0. The highest BCUT2D eigenvalue weighted by atomic mass is 79.9. The van der Waals surface area contributed by atoms with E-state index in [0.29, 0.717) is 17.1 Å². The predicted molar refractivity (Wildman–Crippen MR) is 83.1 cm³/mol. The monoisotopic (exact) mass is 382 g/mol. The van der Waals surface area contributed by atoms with Crippen molar-refractivity contribution in [2.75, 3.05) is 0 Å². The van der Waals surface area contributed by atoms with Gasteiger partial charge in [0.1, 0.15) is 11.5 Å². The Labute approximate surface area is 129 Å². The van der Waals surface area contributed by atoms with Gasteiger partial charge in [-0.1, -0.05) is 22.0 Å². The number of ketones is 1. The number of halogens is 2.